The summed E-state index contributed by atoms with van der Waals surface area (Å²) >= 11 is 0. The molecule has 0 aromatic carbocycles. The Labute approximate surface area is 113 Å². The zero-order chi connectivity index (χ0) is 14.5. The molecule has 108 valence electrons. The van der Waals surface area contributed by atoms with Crippen LogP contribution in [0.4, 0.5) is 4.79 Å². The van der Waals surface area contributed by atoms with E-state index in [1.165, 1.54) is 0 Å². The molecule has 0 heterocycles. The largest absolute Gasteiger partial charge is 0.444 e. The van der Waals surface area contributed by atoms with Crippen molar-refractivity contribution >= 4 is 6.09 Å². The number of rotatable bonds is 4. The number of alkyl carbamates (subject to hydrolysis) is 1. The van der Waals surface area contributed by atoms with Crippen LogP contribution in [0.2, 0.25) is 0 Å². The van der Waals surface area contributed by atoms with Crippen LogP contribution in [-0.4, -0.2) is 35.0 Å². The Hall–Kier alpha value is -1.46. The van der Waals surface area contributed by atoms with Gasteiger partial charge >= 0.3 is 6.09 Å². The molecule has 1 fully saturated rings. The fourth-order valence-electron chi connectivity index (χ4n) is 2.44. The second-order valence-corrected chi connectivity index (χ2v) is 5.89. The first-order valence-corrected chi connectivity index (χ1v) is 6.49. The summed E-state index contributed by atoms with van der Waals surface area (Å²) < 4.78 is 5.23. The lowest BCUT2D eigenvalue weighted by atomic mass is 9.89. The first-order chi connectivity index (χ1) is 8.83. The monoisotopic (exact) mass is 270 g/mol. The van der Waals surface area contributed by atoms with Gasteiger partial charge < -0.3 is 15.2 Å². The molecule has 1 rings (SSSR count). The van der Waals surface area contributed by atoms with Crippen molar-refractivity contribution in [1.29, 1.82) is 0 Å². The lowest BCUT2D eigenvalue weighted by Crippen LogP contribution is -2.56. The van der Waals surface area contributed by atoms with Gasteiger partial charge in [0.05, 0.1) is 18.2 Å². The van der Waals surface area contributed by atoms with Gasteiger partial charge in [0, 0.05) is 4.91 Å². The molecule has 2 N–H and O–H groups in total. The quantitative estimate of drug-likeness (QED) is 0.465. The Morgan fingerprint density at radius 3 is 2.53 bits per heavy atom. The number of carbonyl (C=O) groups is 1. The normalized spacial score (nSPS) is 19.4. The van der Waals surface area contributed by atoms with Gasteiger partial charge in [-0.1, -0.05) is 18.0 Å². The highest BCUT2D eigenvalue weighted by Gasteiger charge is 2.42. The van der Waals surface area contributed by atoms with Crippen LogP contribution < -0.4 is 5.32 Å². The van der Waals surface area contributed by atoms with Crippen molar-refractivity contribution in [2.45, 2.75) is 63.6 Å². The van der Waals surface area contributed by atoms with Crippen molar-refractivity contribution in [1.82, 2.24) is 5.32 Å². The van der Waals surface area contributed by atoms with Crippen molar-refractivity contribution in [3.8, 4) is 0 Å². The Morgan fingerprint density at radius 1 is 1.53 bits per heavy atom. The van der Waals surface area contributed by atoms with E-state index in [0.717, 1.165) is 12.8 Å². The van der Waals surface area contributed by atoms with Gasteiger partial charge in [-0.3, -0.25) is 0 Å². The first kappa shape index (κ1) is 15.6. The van der Waals surface area contributed by atoms with E-state index in [1.807, 2.05) is 0 Å². The molecule has 0 aromatic heterocycles. The number of nitrogens with zero attached hydrogens (tertiary/aromatic N) is 3. The van der Waals surface area contributed by atoms with Gasteiger partial charge in [0.2, 0.25) is 0 Å². The van der Waals surface area contributed by atoms with E-state index in [2.05, 4.69) is 15.3 Å². The van der Waals surface area contributed by atoms with Crippen LogP contribution in [0.15, 0.2) is 5.11 Å². The summed E-state index contributed by atoms with van der Waals surface area (Å²) in [5.74, 6) is 0. The Morgan fingerprint density at radius 2 is 2.11 bits per heavy atom. The highest BCUT2D eigenvalue weighted by atomic mass is 16.6. The predicted octanol–water partition coefficient (Wildman–Crippen LogP) is 2.50. The van der Waals surface area contributed by atoms with Crippen LogP contribution in [0.25, 0.3) is 10.4 Å². The third kappa shape index (κ3) is 4.29. The second kappa shape index (κ2) is 6.12. The van der Waals surface area contributed by atoms with E-state index in [-0.39, 0.29) is 6.61 Å². The summed E-state index contributed by atoms with van der Waals surface area (Å²) in [6.45, 7) is 5.06. The van der Waals surface area contributed by atoms with Crippen LogP contribution in [0, 0.1) is 0 Å². The lowest BCUT2D eigenvalue weighted by Gasteiger charge is -2.35. The highest BCUT2D eigenvalue weighted by molar-refractivity contribution is 5.69. The fraction of sp³-hybridized carbons (Fsp3) is 0.917. The van der Waals surface area contributed by atoms with E-state index in [0.29, 0.717) is 12.8 Å². The van der Waals surface area contributed by atoms with Crippen molar-refractivity contribution in [2.75, 3.05) is 6.61 Å². The van der Waals surface area contributed by atoms with E-state index in [4.69, 9.17) is 10.3 Å². The summed E-state index contributed by atoms with van der Waals surface area (Å²) in [6.07, 6.45) is 2.66. The zero-order valence-corrected chi connectivity index (χ0v) is 11.7. The van der Waals surface area contributed by atoms with Crippen LogP contribution in [0.5, 0.6) is 0 Å². The number of amides is 1. The minimum atomic E-state index is -0.691. The summed E-state index contributed by atoms with van der Waals surface area (Å²) in [7, 11) is 0. The van der Waals surface area contributed by atoms with Crippen LogP contribution >= 0.6 is 0 Å². The number of hydrogen-bond donors (Lipinski definition) is 2. The number of hydrogen-bond acceptors (Lipinski definition) is 4. The fourth-order valence-corrected chi connectivity index (χ4v) is 2.44. The molecular weight excluding hydrogens is 248 g/mol. The molecule has 0 radical (unpaired) electrons. The lowest BCUT2D eigenvalue weighted by molar-refractivity contribution is 0.0420. The van der Waals surface area contributed by atoms with E-state index in [1.54, 1.807) is 20.8 Å². The molecule has 0 aromatic rings. The number of ether oxygens (including phenoxy) is 1. The minimum absolute atomic E-state index is 0.292. The molecule has 7 heteroatoms. The summed E-state index contributed by atoms with van der Waals surface area (Å²) in [4.78, 5) is 14.6. The van der Waals surface area contributed by atoms with E-state index < -0.39 is 23.3 Å². The van der Waals surface area contributed by atoms with Crippen molar-refractivity contribution in [2.24, 2.45) is 5.11 Å². The number of aliphatic hydroxyl groups excluding tert-OH is 1. The molecule has 1 aliphatic carbocycles. The molecule has 0 spiro atoms. The molecule has 0 aliphatic heterocycles. The van der Waals surface area contributed by atoms with Gasteiger partial charge in [-0.15, -0.1) is 0 Å². The molecule has 1 amide bonds. The molecule has 0 saturated heterocycles. The molecule has 19 heavy (non-hydrogen) atoms. The van der Waals surface area contributed by atoms with Gasteiger partial charge in [-0.25, -0.2) is 4.79 Å². The summed E-state index contributed by atoms with van der Waals surface area (Å²) in [5, 5.41) is 15.8. The topological polar surface area (TPSA) is 107 Å². The maximum absolute atomic E-state index is 11.9. The third-order valence-electron chi connectivity index (χ3n) is 3.25. The zero-order valence-electron chi connectivity index (χ0n) is 11.7. The Kier molecular flexibility index (Phi) is 5.03. The van der Waals surface area contributed by atoms with Gasteiger partial charge in [-0.05, 0) is 39.1 Å². The second-order valence-electron chi connectivity index (χ2n) is 5.89. The molecule has 1 aliphatic rings. The van der Waals surface area contributed by atoms with Gasteiger partial charge in [0.1, 0.15) is 5.60 Å². The average molecular weight is 270 g/mol. The number of carbonyl (C=O) groups excluding carboxylic acids is 1. The number of aliphatic hydroxyl groups is 1. The smallest absolute Gasteiger partial charge is 0.408 e. The molecule has 0 bridgehead atoms. The first-order valence-electron chi connectivity index (χ1n) is 6.49. The van der Waals surface area contributed by atoms with Crippen molar-refractivity contribution in [3.05, 3.63) is 10.4 Å². The summed E-state index contributed by atoms with van der Waals surface area (Å²) in [5.41, 5.74) is 7.29. The predicted molar refractivity (Wildman–Crippen MR) is 70.6 cm³/mol. The number of nitrogens with one attached hydrogen (secondary N) is 1. The molecule has 1 saturated carbocycles. The number of azide groups is 1. The average Bonchev–Trinajstić information content (AvgIpc) is 2.72. The van der Waals surface area contributed by atoms with Gasteiger partial charge in [0.25, 0.3) is 0 Å². The van der Waals surface area contributed by atoms with Gasteiger partial charge in [0.15, 0.2) is 0 Å². The van der Waals surface area contributed by atoms with Crippen molar-refractivity contribution in [3.63, 3.8) is 0 Å². The van der Waals surface area contributed by atoms with Crippen molar-refractivity contribution < 1.29 is 14.6 Å². The SMILES string of the molecule is CC(C)(C)OC(=O)NC1(C(CO)N=[N+]=[N-])CCCC1. The highest BCUT2D eigenvalue weighted by Crippen LogP contribution is 2.34. The molecule has 1 unspecified atom stereocenters. The van der Waals surface area contributed by atoms with Crippen LogP contribution in [-0.2, 0) is 4.74 Å². The Bertz CT molecular complexity index is 366. The minimum Gasteiger partial charge on any atom is -0.444 e. The van der Waals surface area contributed by atoms with E-state index >= 15 is 0 Å². The van der Waals surface area contributed by atoms with E-state index in [9.17, 15) is 9.90 Å². The molecular formula is C12H22N4O3. The standard InChI is InChI=1S/C12H22N4O3/c1-11(2,3)19-10(18)14-12(6-4-5-7-12)9(8-17)15-16-13/h9,17H,4-8H2,1-3H3,(H,14,18). The van der Waals surface area contributed by atoms with Gasteiger partial charge in [-0.2, -0.15) is 0 Å². The molecule has 1 atom stereocenters. The van der Waals surface area contributed by atoms with Crippen LogP contribution in [0.3, 0.4) is 0 Å². The maximum atomic E-state index is 11.9. The third-order valence-corrected chi connectivity index (χ3v) is 3.25. The Balaban J connectivity index is 2.82. The van der Waals surface area contributed by atoms with Crippen LogP contribution in [0.1, 0.15) is 46.5 Å². The maximum Gasteiger partial charge on any atom is 0.408 e. The summed E-state index contributed by atoms with van der Waals surface area (Å²) in [6, 6.07) is -0.660. The molecule has 7 nitrogen and oxygen atoms in total.